The highest BCUT2D eigenvalue weighted by Gasteiger charge is 2.27. The molecular weight excluding hydrogens is 200 g/mol. The van der Waals surface area contributed by atoms with E-state index in [1.165, 1.54) is 0 Å². The zero-order valence-corrected chi connectivity index (χ0v) is 8.42. The topological polar surface area (TPSA) is 37.3 Å². The van der Waals surface area contributed by atoms with E-state index in [0.717, 1.165) is 24.7 Å². The van der Waals surface area contributed by atoms with Crippen LogP contribution in [0.1, 0.15) is 29.9 Å². The third kappa shape index (κ3) is 1.62. The minimum Gasteiger partial charge on any atom is -0.506 e. The van der Waals surface area contributed by atoms with Gasteiger partial charge in [0.05, 0.1) is 5.02 Å². The summed E-state index contributed by atoms with van der Waals surface area (Å²) in [5.74, 6) is 0.585. The summed E-state index contributed by atoms with van der Waals surface area (Å²) >= 11 is 6.00. The standard InChI is InChI=1S/C11H11ClO2/c12-10-9(7-1-2-7)4-3-8(5-6-13)11(10)14/h3-4,6-7,14H,1-2,5H2. The summed E-state index contributed by atoms with van der Waals surface area (Å²) in [7, 11) is 0. The first-order valence-corrected chi connectivity index (χ1v) is 5.05. The van der Waals surface area contributed by atoms with Gasteiger partial charge in [-0.2, -0.15) is 0 Å². The van der Waals surface area contributed by atoms with Crippen LogP contribution in [0.15, 0.2) is 12.1 Å². The van der Waals surface area contributed by atoms with Crippen LogP contribution in [0, 0.1) is 0 Å². The summed E-state index contributed by atoms with van der Waals surface area (Å²) in [6.07, 6.45) is 3.27. The number of aldehydes is 1. The fourth-order valence-corrected chi connectivity index (χ4v) is 1.92. The molecule has 1 aromatic rings. The molecule has 0 radical (unpaired) electrons. The highest BCUT2D eigenvalue weighted by atomic mass is 35.5. The van der Waals surface area contributed by atoms with Crippen LogP contribution in [-0.2, 0) is 11.2 Å². The summed E-state index contributed by atoms with van der Waals surface area (Å²) in [6, 6.07) is 3.70. The first kappa shape index (κ1) is 9.53. The van der Waals surface area contributed by atoms with Crippen LogP contribution in [-0.4, -0.2) is 11.4 Å². The Balaban J connectivity index is 2.39. The Morgan fingerprint density at radius 3 is 2.79 bits per heavy atom. The van der Waals surface area contributed by atoms with Gasteiger partial charge in [-0.15, -0.1) is 0 Å². The normalized spacial score (nSPS) is 15.5. The monoisotopic (exact) mass is 210 g/mol. The van der Waals surface area contributed by atoms with Crippen LogP contribution in [0.3, 0.4) is 0 Å². The molecule has 14 heavy (non-hydrogen) atoms. The average molecular weight is 211 g/mol. The Hall–Kier alpha value is -1.02. The Labute approximate surface area is 87.5 Å². The lowest BCUT2D eigenvalue weighted by atomic mass is 10.1. The highest BCUT2D eigenvalue weighted by Crippen LogP contribution is 2.46. The van der Waals surface area contributed by atoms with Gasteiger partial charge >= 0.3 is 0 Å². The molecule has 1 fully saturated rings. The Morgan fingerprint density at radius 2 is 2.21 bits per heavy atom. The molecule has 3 heteroatoms. The zero-order chi connectivity index (χ0) is 10.1. The number of hydrogen-bond donors (Lipinski definition) is 1. The minimum absolute atomic E-state index is 0.0724. The van der Waals surface area contributed by atoms with Gasteiger partial charge in [0.1, 0.15) is 12.0 Å². The van der Waals surface area contributed by atoms with Crippen molar-refractivity contribution < 1.29 is 9.90 Å². The first-order valence-electron chi connectivity index (χ1n) is 4.68. The Morgan fingerprint density at radius 1 is 1.50 bits per heavy atom. The predicted octanol–water partition coefficient (Wildman–Crippen LogP) is 2.66. The average Bonchev–Trinajstić information content (AvgIpc) is 2.97. The van der Waals surface area contributed by atoms with Gasteiger partial charge < -0.3 is 9.90 Å². The van der Waals surface area contributed by atoms with Gasteiger partial charge in [-0.05, 0) is 24.3 Å². The van der Waals surface area contributed by atoms with Crippen LogP contribution in [0.25, 0.3) is 0 Å². The van der Waals surface area contributed by atoms with E-state index in [9.17, 15) is 9.90 Å². The molecule has 0 saturated heterocycles. The summed E-state index contributed by atoms with van der Waals surface area (Å²) in [5, 5.41) is 10.1. The predicted molar refractivity (Wildman–Crippen MR) is 54.9 cm³/mol. The quantitative estimate of drug-likeness (QED) is 0.779. The molecule has 1 aromatic carbocycles. The molecule has 1 aliphatic rings. The van der Waals surface area contributed by atoms with E-state index in [-0.39, 0.29) is 12.2 Å². The fraction of sp³-hybridized carbons (Fsp3) is 0.364. The molecule has 1 aliphatic carbocycles. The van der Waals surface area contributed by atoms with Gasteiger partial charge in [0.2, 0.25) is 0 Å². The van der Waals surface area contributed by atoms with Crippen molar-refractivity contribution in [3.63, 3.8) is 0 Å². The SMILES string of the molecule is O=CCc1ccc(C2CC2)c(Cl)c1O. The van der Waals surface area contributed by atoms with Crippen LogP contribution in [0.5, 0.6) is 5.75 Å². The molecular formula is C11H11ClO2. The Kier molecular flexibility index (Phi) is 2.46. The van der Waals surface area contributed by atoms with Crippen molar-refractivity contribution in [3.05, 3.63) is 28.3 Å². The number of rotatable bonds is 3. The third-order valence-corrected chi connectivity index (χ3v) is 2.95. The fourth-order valence-electron chi connectivity index (χ4n) is 1.58. The van der Waals surface area contributed by atoms with Gasteiger partial charge in [-0.3, -0.25) is 0 Å². The lowest BCUT2D eigenvalue weighted by Crippen LogP contribution is -1.90. The molecule has 0 aliphatic heterocycles. The summed E-state index contributed by atoms with van der Waals surface area (Å²) in [5.41, 5.74) is 1.62. The molecule has 0 bridgehead atoms. The molecule has 0 spiro atoms. The van der Waals surface area contributed by atoms with Gasteiger partial charge in [0.15, 0.2) is 0 Å². The van der Waals surface area contributed by atoms with Crippen LogP contribution >= 0.6 is 11.6 Å². The molecule has 0 atom stereocenters. The second kappa shape index (κ2) is 3.62. The van der Waals surface area contributed by atoms with Gasteiger partial charge in [-0.25, -0.2) is 0 Å². The van der Waals surface area contributed by atoms with Gasteiger partial charge in [-0.1, -0.05) is 23.7 Å². The van der Waals surface area contributed by atoms with E-state index < -0.39 is 0 Å². The largest absolute Gasteiger partial charge is 0.506 e. The second-order valence-corrected chi connectivity index (χ2v) is 4.00. The number of phenolic OH excluding ortho intramolecular Hbond substituents is 1. The number of hydrogen-bond acceptors (Lipinski definition) is 2. The van der Waals surface area contributed by atoms with E-state index in [0.29, 0.717) is 16.5 Å². The molecule has 1 saturated carbocycles. The van der Waals surface area contributed by atoms with E-state index in [2.05, 4.69) is 0 Å². The van der Waals surface area contributed by atoms with Gasteiger partial charge in [0.25, 0.3) is 0 Å². The van der Waals surface area contributed by atoms with Crippen molar-refractivity contribution in [1.29, 1.82) is 0 Å². The van der Waals surface area contributed by atoms with Crippen molar-refractivity contribution >= 4 is 17.9 Å². The molecule has 0 amide bonds. The zero-order valence-electron chi connectivity index (χ0n) is 7.66. The number of aromatic hydroxyl groups is 1. The molecule has 0 unspecified atom stereocenters. The van der Waals surface area contributed by atoms with Crippen LogP contribution in [0.2, 0.25) is 5.02 Å². The number of halogens is 1. The van der Waals surface area contributed by atoms with Crippen molar-refractivity contribution in [1.82, 2.24) is 0 Å². The second-order valence-electron chi connectivity index (χ2n) is 3.62. The molecule has 0 aromatic heterocycles. The lowest BCUT2D eigenvalue weighted by Gasteiger charge is -2.07. The van der Waals surface area contributed by atoms with E-state index in [1.807, 2.05) is 6.07 Å². The number of carbonyl (C=O) groups is 1. The number of benzene rings is 1. The van der Waals surface area contributed by atoms with Crippen molar-refractivity contribution in [3.8, 4) is 5.75 Å². The summed E-state index contributed by atoms with van der Waals surface area (Å²) < 4.78 is 0. The molecule has 2 rings (SSSR count). The summed E-state index contributed by atoms with van der Waals surface area (Å²) in [4.78, 5) is 10.3. The molecule has 1 N–H and O–H groups in total. The summed E-state index contributed by atoms with van der Waals surface area (Å²) in [6.45, 7) is 0. The third-order valence-electron chi connectivity index (χ3n) is 2.55. The maximum absolute atomic E-state index is 10.3. The van der Waals surface area contributed by atoms with Crippen molar-refractivity contribution in [2.45, 2.75) is 25.2 Å². The molecule has 0 heterocycles. The number of carbonyl (C=O) groups excluding carboxylic acids is 1. The van der Waals surface area contributed by atoms with E-state index >= 15 is 0 Å². The first-order chi connectivity index (χ1) is 6.74. The Bertz CT molecular complexity index is 370. The maximum Gasteiger partial charge on any atom is 0.138 e. The lowest BCUT2D eigenvalue weighted by molar-refractivity contribution is -0.107. The van der Waals surface area contributed by atoms with Gasteiger partial charge in [0, 0.05) is 12.0 Å². The van der Waals surface area contributed by atoms with Crippen molar-refractivity contribution in [2.24, 2.45) is 0 Å². The maximum atomic E-state index is 10.3. The van der Waals surface area contributed by atoms with E-state index in [1.54, 1.807) is 6.07 Å². The highest BCUT2D eigenvalue weighted by molar-refractivity contribution is 6.33. The van der Waals surface area contributed by atoms with Crippen LogP contribution in [0.4, 0.5) is 0 Å². The van der Waals surface area contributed by atoms with Crippen LogP contribution < -0.4 is 0 Å². The molecule has 2 nitrogen and oxygen atoms in total. The molecule has 74 valence electrons. The minimum atomic E-state index is 0.0724. The number of phenols is 1. The smallest absolute Gasteiger partial charge is 0.138 e. The van der Waals surface area contributed by atoms with E-state index in [4.69, 9.17) is 11.6 Å². The van der Waals surface area contributed by atoms with Crippen molar-refractivity contribution in [2.75, 3.05) is 0 Å².